The zero-order valence-corrected chi connectivity index (χ0v) is 14.5. The molecule has 0 spiro atoms. The molecule has 2 aromatic heterocycles. The summed E-state index contributed by atoms with van der Waals surface area (Å²) < 4.78 is 0. The first kappa shape index (κ1) is 15.8. The first-order valence-electron chi connectivity index (χ1n) is 8.92. The van der Waals surface area contributed by atoms with Crippen molar-refractivity contribution in [3.05, 3.63) is 70.9 Å². The highest BCUT2D eigenvalue weighted by atomic mass is 16.3. The van der Waals surface area contributed by atoms with Gasteiger partial charge >= 0.3 is 0 Å². The molecule has 4 aromatic rings. The number of anilines is 1. The van der Waals surface area contributed by atoms with Crippen molar-refractivity contribution in [2.24, 2.45) is 0 Å². The van der Waals surface area contributed by atoms with Crippen LogP contribution in [0.3, 0.4) is 0 Å². The Balaban J connectivity index is 1.53. The van der Waals surface area contributed by atoms with Crippen LogP contribution in [0.2, 0.25) is 0 Å². The molecule has 4 N–H and O–H groups in total. The van der Waals surface area contributed by atoms with Crippen LogP contribution in [0.1, 0.15) is 27.0 Å². The number of hydrogen-bond donors (Lipinski definition) is 4. The van der Waals surface area contributed by atoms with E-state index >= 15 is 0 Å². The van der Waals surface area contributed by atoms with Gasteiger partial charge in [-0.2, -0.15) is 5.10 Å². The van der Waals surface area contributed by atoms with Crippen molar-refractivity contribution in [3.63, 3.8) is 0 Å². The van der Waals surface area contributed by atoms with Crippen LogP contribution in [0.5, 0.6) is 0 Å². The zero-order valence-electron chi connectivity index (χ0n) is 14.5. The number of aromatic amines is 2. The van der Waals surface area contributed by atoms with Gasteiger partial charge in [0.15, 0.2) is 0 Å². The van der Waals surface area contributed by atoms with E-state index < -0.39 is 0 Å². The first-order valence-corrected chi connectivity index (χ1v) is 8.92. The van der Waals surface area contributed by atoms with Gasteiger partial charge in [0.1, 0.15) is 0 Å². The molecule has 6 heteroatoms. The van der Waals surface area contributed by atoms with Gasteiger partial charge in [-0.3, -0.25) is 9.89 Å². The van der Waals surface area contributed by atoms with E-state index in [1.807, 2.05) is 36.5 Å². The average molecular weight is 358 g/mol. The number of hydrogen-bond acceptors (Lipinski definition) is 3. The summed E-state index contributed by atoms with van der Waals surface area (Å²) in [6.45, 7) is -0.118. The van der Waals surface area contributed by atoms with Crippen LogP contribution in [0.25, 0.3) is 22.3 Å². The van der Waals surface area contributed by atoms with Crippen LogP contribution in [0, 0.1) is 0 Å². The van der Waals surface area contributed by atoms with Gasteiger partial charge in [-0.15, -0.1) is 0 Å². The molecular weight excluding hydrogens is 340 g/mol. The molecule has 0 unspecified atom stereocenters. The zero-order chi connectivity index (χ0) is 18.4. The van der Waals surface area contributed by atoms with E-state index in [2.05, 4.69) is 20.5 Å². The Labute approximate surface area is 155 Å². The molecule has 0 saturated heterocycles. The van der Waals surface area contributed by atoms with Crippen molar-refractivity contribution < 1.29 is 9.90 Å². The number of aromatic nitrogens is 3. The molecule has 1 aliphatic carbocycles. The molecule has 5 rings (SSSR count). The molecule has 1 amide bonds. The highest BCUT2D eigenvalue weighted by molar-refractivity contribution is 6.07. The van der Waals surface area contributed by atoms with Gasteiger partial charge in [0.2, 0.25) is 0 Å². The fraction of sp³-hybridized carbons (Fsp3) is 0.143. The van der Waals surface area contributed by atoms with Crippen molar-refractivity contribution in [2.45, 2.75) is 19.4 Å². The second-order valence-corrected chi connectivity index (χ2v) is 6.78. The van der Waals surface area contributed by atoms with Crippen LogP contribution in [0.4, 0.5) is 5.69 Å². The fourth-order valence-corrected chi connectivity index (χ4v) is 3.81. The molecule has 2 heterocycles. The van der Waals surface area contributed by atoms with Crippen LogP contribution in [-0.2, 0) is 19.4 Å². The molecular formula is C21H18N4O2. The molecule has 0 fully saturated rings. The Morgan fingerprint density at radius 2 is 2.04 bits per heavy atom. The predicted molar refractivity (Wildman–Crippen MR) is 104 cm³/mol. The van der Waals surface area contributed by atoms with E-state index in [1.165, 1.54) is 11.1 Å². The topological polar surface area (TPSA) is 93.8 Å². The van der Waals surface area contributed by atoms with Crippen LogP contribution in [-0.4, -0.2) is 26.2 Å². The smallest absolute Gasteiger partial charge is 0.255 e. The molecule has 2 aromatic carbocycles. The van der Waals surface area contributed by atoms with Gasteiger partial charge in [0.25, 0.3) is 5.91 Å². The number of benzene rings is 2. The number of rotatable bonds is 3. The third kappa shape index (κ3) is 2.53. The Morgan fingerprint density at radius 3 is 2.93 bits per heavy atom. The number of H-pyrrole nitrogens is 2. The van der Waals surface area contributed by atoms with Gasteiger partial charge in [0, 0.05) is 27.7 Å². The van der Waals surface area contributed by atoms with Crippen molar-refractivity contribution >= 4 is 22.5 Å². The summed E-state index contributed by atoms with van der Waals surface area (Å²) >= 11 is 0. The molecule has 6 nitrogen and oxygen atoms in total. The van der Waals surface area contributed by atoms with E-state index in [9.17, 15) is 9.90 Å². The number of para-hydroxylation sites is 1. The predicted octanol–water partition coefficient (Wildman–Crippen LogP) is 3.40. The van der Waals surface area contributed by atoms with Crippen molar-refractivity contribution in [1.29, 1.82) is 0 Å². The van der Waals surface area contributed by atoms with E-state index in [-0.39, 0.29) is 12.5 Å². The van der Waals surface area contributed by atoms with Gasteiger partial charge in [-0.25, -0.2) is 0 Å². The van der Waals surface area contributed by atoms with Gasteiger partial charge in [-0.05, 0) is 48.2 Å². The summed E-state index contributed by atoms with van der Waals surface area (Å²) in [7, 11) is 0. The van der Waals surface area contributed by atoms with Crippen molar-refractivity contribution in [1.82, 2.24) is 15.2 Å². The third-order valence-corrected chi connectivity index (χ3v) is 5.22. The molecule has 0 atom stereocenters. The number of nitrogens with one attached hydrogen (secondary N) is 3. The minimum absolute atomic E-state index is 0.118. The molecule has 0 radical (unpaired) electrons. The fourth-order valence-electron chi connectivity index (χ4n) is 3.81. The summed E-state index contributed by atoms with van der Waals surface area (Å²) in [4.78, 5) is 16.2. The number of aliphatic hydroxyl groups excluding tert-OH is 1. The first-order chi connectivity index (χ1) is 13.2. The van der Waals surface area contributed by atoms with Crippen molar-refractivity contribution in [2.75, 3.05) is 5.32 Å². The summed E-state index contributed by atoms with van der Waals surface area (Å²) in [5, 5.41) is 20.6. The summed E-state index contributed by atoms with van der Waals surface area (Å²) in [6.07, 6.45) is 3.73. The van der Waals surface area contributed by atoms with E-state index in [0.717, 1.165) is 35.1 Å². The number of carbonyl (C=O) groups is 1. The van der Waals surface area contributed by atoms with Crippen LogP contribution in [0.15, 0.2) is 48.7 Å². The maximum atomic E-state index is 12.8. The Hall–Kier alpha value is -3.38. The quantitative estimate of drug-likeness (QED) is 0.452. The van der Waals surface area contributed by atoms with Gasteiger partial charge < -0.3 is 15.4 Å². The normalized spacial score (nSPS) is 12.6. The third-order valence-electron chi connectivity index (χ3n) is 5.22. The molecule has 1 aliphatic rings. The monoisotopic (exact) mass is 358 g/mol. The highest BCUT2D eigenvalue weighted by Crippen LogP contribution is 2.36. The van der Waals surface area contributed by atoms with Gasteiger partial charge in [-0.1, -0.05) is 18.2 Å². The van der Waals surface area contributed by atoms with Gasteiger partial charge in [0.05, 0.1) is 24.2 Å². The number of nitrogens with zero attached hydrogens (tertiary/aromatic N) is 1. The second kappa shape index (κ2) is 6.10. The lowest BCUT2D eigenvalue weighted by molar-refractivity contribution is 0.102. The number of amides is 1. The molecule has 0 aliphatic heterocycles. The molecule has 0 saturated carbocycles. The van der Waals surface area contributed by atoms with E-state index in [0.29, 0.717) is 16.8 Å². The maximum absolute atomic E-state index is 12.8. The molecule has 134 valence electrons. The Morgan fingerprint density at radius 1 is 1.15 bits per heavy atom. The minimum Gasteiger partial charge on any atom is -0.392 e. The van der Waals surface area contributed by atoms with E-state index in [1.54, 1.807) is 12.1 Å². The molecule has 0 bridgehead atoms. The average Bonchev–Trinajstić information content (AvgIpc) is 3.31. The summed E-state index contributed by atoms with van der Waals surface area (Å²) in [5.74, 6) is -0.189. The highest BCUT2D eigenvalue weighted by Gasteiger charge is 2.22. The Bertz CT molecular complexity index is 1170. The summed E-state index contributed by atoms with van der Waals surface area (Å²) in [5.41, 5.74) is 7.45. The lowest BCUT2D eigenvalue weighted by Crippen LogP contribution is -2.13. The number of fused-ring (bicyclic) bond motifs is 5. The second-order valence-electron chi connectivity index (χ2n) is 6.78. The lowest BCUT2D eigenvalue weighted by Gasteiger charge is -2.12. The Kier molecular flexibility index (Phi) is 3.58. The standard InChI is InChI=1S/C21H18N4O2/c26-11-14-3-1-2-4-17(14)24-21(27)12-6-8-18-16(9-12)15-7-5-13-10-22-25-19(13)20(15)23-18/h1-4,6,8-10,23,26H,5,7,11H2,(H,22,25)(H,24,27). The van der Waals surface area contributed by atoms with Crippen LogP contribution >= 0.6 is 0 Å². The summed E-state index contributed by atoms with van der Waals surface area (Å²) in [6, 6.07) is 12.9. The number of aryl methyl sites for hydroxylation is 2. The largest absolute Gasteiger partial charge is 0.392 e. The lowest BCUT2D eigenvalue weighted by atomic mass is 9.93. The number of aliphatic hydroxyl groups is 1. The number of carbonyl (C=O) groups excluding carboxylic acids is 1. The van der Waals surface area contributed by atoms with Crippen LogP contribution < -0.4 is 5.32 Å². The molecule has 27 heavy (non-hydrogen) atoms. The maximum Gasteiger partial charge on any atom is 0.255 e. The van der Waals surface area contributed by atoms with E-state index in [4.69, 9.17) is 0 Å². The SMILES string of the molecule is O=C(Nc1ccccc1CO)c1ccc2[nH]c3c(c2c1)CCc1cn[nH]c1-3. The van der Waals surface area contributed by atoms with Crippen molar-refractivity contribution in [3.8, 4) is 11.4 Å². The minimum atomic E-state index is -0.189.